The number of aromatic nitrogens is 2. The average molecular weight is 162 g/mol. The molecule has 2 nitrogen and oxygen atoms in total. The van der Waals surface area contributed by atoms with Gasteiger partial charge in [0.25, 0.3) is 0 Å². The van der Waals surface area contributed by atoms with Gasteiger partial charge in [-0.15, -0.1) is 0 Å². The molecule has 0 aliphatic heterocycles. The minimum atomic E-state index is 1.04. The van der Waals surface area contributed by atoms with Crippen LogP contribution in [0.5, 0.6) is 0 Å². The second-order valence-electron chi connectivity index (χ2n) is 3.23. The van der Waals surface area contributed by atoms with E-state index in [0.29, 0.717) is 0 Å². The van der Waals surface area contributed by atoms with Crippen molar-refractivity contribution in [1.29, 1.82) is 0 Å². The van der Waals surface area contributed by atoms with Crippen LogP contribution in [0.2, 0.25) is 0 Å². The fourth-order valence-corrected chi connectivity index (χ4v) is 1.81. The fourth-order valence-electron chi connectivity index (χ4n) is 1.81. The predicted molar refractivity (Wildman–Crippen MR) is 49.9 cm³/mol. The fraction of sp³-hybridized carbons (Fsp3) is 0.500. The van der Waals surface area contributed by atoms with Gasteiger partial charge in [0, 0.05) is 18.3 Å². The quantitative estimate of drug-likeness (QED) is 0.617. The summed E-state index contributed by atoms with van der Waals surface area (Å²) in [4.78, 5) is 0. The molecule has 2 heteroatoms. The second kappa shape index (κ2) is 2.77. The Morgan fingerprint density at radius 1 is 1.58 bits per heavy atom. The van der Waals surface area contributed by atoms with Crippen molar-refractivity contribution in [3.05, 3.63) is 23.0 Å². The van der Waals surface area contributed by atoms with Crippen molar-refractivity contribution in [2.24, 2.45) is 7.05 Å². The summed E-state index contributed by atoms with van der Waals surface area (Å²) >= 11 is 0. The molecule has 2 rings (SSSR count). The predicted octanol–water partition coefficient (Wildman–Crippen LogP) is 1.94. The summed E-state index contributed by atoms with van der Waals surface area (Å²) < 4.78 is 2.03. The van der Waals surface area contributed by atoms with Gasteiger partial charge in [0.15, 0.2) is 0 Å². The normalized spacial score (nSPS) is 14.8. The SMILES string of the molecule is CCc1nn(C)c2c1C=CCC2. The van der Waals surface area contributed by atoms with Crippen LogP contribution in [0.4, 0.5) is 0 Å². The Morgan fingerprint density at radius 2 is 2.42 bits per heavy atom. The molecular weight excluding hydrogens is 148 g/mol. The number of nitrogens with zero attached hydrogens (tertiary/aromatic N) is 2. The summed E-state index contributed by atoms with van der Waals surface area (Å²) in [6.07, 6.45) is 7.80. The molecule has 0 spiro atoms. The van der Waals surface area contributed by atoms with Crippen molar-refractivity contribution in [2.45, 2.75) is 26.2 Å². The highest BCUT2D eigenvalue weighted by Crippen LogP contribution is 2.22. The first-order valence-corrected chi connectivity index (χ1v) is 4.54. The summed E-state index contributed by atoms with van der Waals surface area (Å²) in [6.45, 7) is 2.16. The van der Waals surface area contributed by atoms with Crippen LogP contribution in [-0.4, -0.2) is 9.78 Å². The van der Waals surface area contributed by atoms with Gasteiger partial charge in [-0.3, -0.25) is 4.68 Å². The molecule has 1 aromatic rings. The van der Waals surface area contributed by atoms with Gasteiger partial charge in [-0.25, -0.2) is 0 Å². The van der Waals surface area contributed by atoms with E-state index in [2.05, 4.69) is 24.2 Å². The van der Waals surface area contributed by atoms with Crippen molar-refractivity contribution in [3.63, 3.8) is 0 Å². The Balaban J connectivity index is 2.56. The minimum Gasteiger partial charge on any atom is -0.272 e. The van der Waals surface area contributed by atoms with Crippen LogP contribution in [0.25, 0.3) is 6.08 Å². The van der Waals surface area contributed by atoms with E-state index < -0.39 is 0 Å². The number of hydrogen-bond acceptors (Lipinski definition) is 1. The third-order valence-corrected chi connectivity index (χ3v) is 2.45. The molecular formula is C10H14N2. The summed E-state index contributed by atoms with van der Waals surface area (Å²) in [5.41, 5.74) is 4.00. The van der Waals surface area contributed by atoms with Crippen LogP contribution in [0.1, 0.15) is 30.3 Å². The van der Waals surface area contributed by atoms with Gasteiger partial charge in [-0.05, 0) is 19.3 Å². The molecule has 0 saturated heterocycles. The van der Waals surface area contributed by atoms with Gasteiger partial charge in [0.1, 0.15) is 0 Å². The zero-order valence-electron chi connectivity index (χ0n) is 7.67. The maximum Gasteiger partial charge on any atom is 0.0696 e. The van der Waals surface area contributed by atoms with Crippen LogP contribution >= 0.6 is 0 Å². The number of rotatable bonds is 1. The molecule has 0 N–H and O–H groups in total. The van der Waals surface area contributed by atoms with E-state index in [1.807, 2.05) is 11.7 Å². The van der Waals surface area contributed by atoms with Gasteiger partial charge in [0.05, 0.1) is 5.69 Å². The lowest BCUT2D eigenvalue weighted by molar-refractivity contribution is 0.694. The van der Waals surface area contributed by atoms with Gasteiger partial charge in [0.2, 0.25) is 0 Å². The van der Waals surface area contributed by atoms with E-state index in [-0.39, 0.29) is 0 Å². The molecule has 0 atom stereocenters. The van der Waals surface area contributed by atoms with Crippen molar-refractivity contribution < 1.29 is 0 Å². The summed E-state index contributed by atoms with van der Waals surface area (Å²) in [7, 11) is 2.04. The molecule has 0 unspecified atom stereocenters. The van der Waals surface area contributed by atoms with Crippen molar-refractivity contribution in [1.82, 2.24) is 9.78 Å². The molecule has 0 saturated carbocycles. The highest BCUT2D eigenvalue weighted by Gasteiger charge is 2.13. The lowest BCUT2D eigenvalue weighted by Gasteiger charge is -2.06. The lowest BCUT2D eigenvalue weighted by Crippen LogP contribution is -2.00. The number of allylic oxidation sites excluding steroid dienone is 1. The highest BCUT2D eigenvalue weighted by atomic mass is 15.3. The van der Waals surface area contributed by atoms with Crippen LogP contribution in [0.15, 0.2) is 6.08 Å². The molecule has 1 aromatic heterocycles. The monoisotopic (exact) mass is 162 g/mol. The van der Waals surface area contributed by atoms with Gasteiger partial charge in [-0.1, -0.05) is 19.1 Å². The Labute approximate surface area is 72.9 Å². The van der Waals surface area contributed by atoms with E-state index in [4.69, 9.17) is 0 Å². The maximum absolute atomic E-state index is 4.48. The van der Waals surface area contributed by atoms with E-state index >= 15 is 0 Å². The third-order valence-electron chi connectivity index (χ3n) is 2.45. The van der Waals surface area contributed by atoms with Crippen LogP contribution in [0.3, 0.4) is 0 Å². The molecule has 0 aromatic carbocycles. The summed E-state index contributed by atoms with van der Waals surface area (Å²) in [5, 5.41) is 4.48. The molecule has 1 aliphatic carbocycles. The number of hydrogen-bond donors (Lipinski definition) is 0. The molecule has 0 bridgehead atoms. The van der Waals surface area contributed by atoms with Crippen molar-refractivity contribution in [3.8, 4) is 0 Å². The number of aryl methyl sites for hydroxylation is 2. The zero-order chi connectivity index (χ0) is 8.55. The first-order valence-electron chi connectivity index (χ1n) is 4.54. The Morgan fingerprint density at radius 3 is 3.17 bits per heavy atom. The molecule has 0 radical (unpaired) electrons. The average Bonchev–Trinajstić information content (AvgIpc) is 2.44. The molecule has 12 heavy (non-hydrogen) atoms. The summed E-state index contributed by atoms with van der Waals surface area (Å²) in [6, 6.07) is 0. The molecule has 0 amide bonds. The Bertz CT molecular complexity index is 321. The van der Waals surface area contributed by atoms with Crippen LogP contribution < -0.4 is 0 Å². The van der Waals surface area contributed by atoms with Gasteiger partial charge >= 0.3 is 0 Å². The van der Waals surface area contributed by atoms with E-state index in [1.165, 1.54) is 17.0 Å². The largest absolute Gasteiger partial charge is 0.272 e. The molecule has 64 valence electrons. The molecule has 1 heterocycles. The van der Waals surface area contributed by atoms with Gasteiger partial charge < -0.3 is 0 Å². The third kappa shape index (κ3) is 0.986. The Hall–Kier alpha value is -1.05. The van der Waals surface area contributed by atoms with Crippen LogP contribution in [0, 0.1) is 0 Å². The van der Waals surface area contributed by atoms with Gasteiger partial charge in [-0.2, -0.15) is 5.10 Å². The number of fused-ring (bicyclic) bond motifs is 1. The van der Waals surface area contributed by atoms with Crippen LogP contribution in [-0.2, 0) is 19.9 Å². The van der Waals surface area contributed by atoms with Crippen molar-refractivity contribution in [2.75, 3.05) is 0 Å². The molecule has 1 aliphatic rings. The summed E-state index contributed by atoms with van der Waals surface area (Å²) in [5.74, 6) is 0. The topological polar surface area (TPSA) is 17.8 Å². The van der Waals surface area contributed by atoms with E-state index in [9.17, 15) is 0 Å². The van der Waals surface area contributed by atoms with Crippen molar-refractivity contribution >= 4 is 6.08 Å². The minimum absolute atomic E-state index is 1.04. The second-order valence-corrected chi connectivity index (χ2v) is 3.23. The lowest BCUT2D eigenvalue weighted by atomic mass is 10.0. The first-order chi connectivity index (χ1) is 5.83. The standard InChI is InChI=1S/C10H14N2/c1-3-9-8-6-4-5-7-10(8)12(2)11-9/h4,6H,3,5,7H2,1-2H3. The molecule has 0 fully saturated rings. The zero-order valence-corrected chi connectivity index (χ0v) is 7.67. The smallest absolute Gasteiger partial charge is 0.0696 e. The first kappa shape index (κ1) is 7.59. The Kier molecular flexibility index (Phi) is 1.75. The maximum atomic E-state index is 4.48. The highest BCUT2D eigenvalue weighted by molar-refractivity contribution is 5.57. The van der Waals surface area contributed by atoms with E-state index in [0.717, 1.165) is 19.3 Å². The van der Waals surface area contributed by atoms with E-state index in [1.54, 1.807) is 0 Å².